The molecule has 176 valence electrons. The summed E-state index contributed by atoms with van der Waals surface area (Å²) in [5.41, 5.74) is 2.27. The second-order valence-corrected chi connectivity index (χ2v) is 10.9. The molecule has 2 fully saturated rings. The van der Waals surface area contributed by atoms with Crippen molar-refractivity contribution < 1.29 is 19.1 Å². The number of hydrogen-bond acceptors (Lipinski definition) is 6. The summed E-state index contributed by atoms with van der Waals surface area (Å²) in [4.78, 5) is 42.1. The molecule has 1 atom stereocenters. The van der Waals surface area contributed by atoms with Crippen molar-refractivity contribution in [3.8, 4) is 0 Å². The molecule has 1 aliphatic carbocycles. The molecule has 0 aromatic heterocycles. The fourth-order valence-corrected chi connectivity index (χ4v) is 5.87. The standard InChI is InChI=1S/C25H36N2O4S/c1-5-26(20-13-9-10-18(2)16-20)14-15-31-24(30)21-17-32-25(3,4)27(21)23(29)22(28)19-11-7-6-8-12-19/h9-10,13,16,19,21H,5-8,11-12,14-15,17H2,1-4H3/t21-/m0/s1. The Morgan fingerprint density at radius 2 is 1.91 bits per heavy atom. The molecule has 1 saturated heterocycles. The molecule has 0 spiro atoms. The summed E-state index contributed by atoms with van der Waals surface area (Å²) in [6, 6.07) is 7.51. The first-order valence-electron chi connectivity index (χ1n) is 11.7. The van der Waals surface area contributed by atoms with E-state index in [0.717, 1.165) is 44.3 Å². The number of thioether (sulfide) groups is 1. The predicted octanol–water partition coefficient (Wildman–Crippen LogP) is 4.19. The van der Waals surface area contributed by atoms with Crippen LogP contribution in [-0.4, -0.2) is 58.9 Å². The van der Waals surface area contributed by atoms with Gasteiger partial charge < -0.3 is 14.5 Å². The zero-order chi connectivity index (χ0) is 23.3. The third-order valence-corrected chi connectivity index (χ3v) is 7.90. The molecule has 1 aliphatic heterocycles. The van der Waals surface area contributed by atoms with E-state index in [2.05, 4.69) is 30.9 Å². The number of ether oxygens (including phenoxy) is 1. The molecule has 32 heavy (non-hydrogen) atoms. The monoisotopic (exact) mass is 460 g/mol. The van der Waals surface area contributed by atoms with E-state index in [1.165, 1.54) is 22.2 Å². The summed E-state index contributed by atoms with van der Waals surface area (Å²) in [7, 11) is 0. The zero-order valence-electron chi connectivity index (χ0n) is 19.8. The van der Waals surface area contributed by atoms with Gasteiger partial charge in [0.25, 0.3) is 5.91 Å². The van der Waals surface area contributed by atoms with Crippen molar-refractivity contribution in [2.24, 2.45) is 5.92 Å². The lowest BCUT2D eigenvalue weighted by molar-refractivity contribution is -0.158. The molecule has 3 rings (SSSR count). The molecule has 0 radical (unpaired) electrons. The number of anilines is 1. The highest BCUT2D eigenvalue weighted by molar-refractivity contribution is 8.00. The maximum Gasteiger partial charge on any atom is 0.329 e. The number of aryl methyl sites for hydroxylation is 1. The minimum Gasteiger partial charge on any atom is -0.462 e. The van der Waals surface area contributed by atoms with Crippen molar-refractivity contribution in [3.63, 3.8) is 0 Å². The number of esters is 1. The van der Waals surface area contributed by atoms with Crippen LogP contribution in [0.25, 0.3) is 0 Å². The molecule has 1 aromatic carbocycles. The molecule has 1 aromatic rings. The first kappa shape index (κ1) is 24.6. The zero-order valence-corrected chi connectivity index (χ0v) is 20.6. The van der Waals surface area contributed by atoms with Crippen LogP contribution < -0.4 is 4.90 Å². The van der Waals surface area contributed by atoms with E-state index in [1.807, 2.05) is 26.0 Å². The Bertz CT molecular complexity index is 835. The van der Waals surface area contributed by atoms with Gasteiger partial charge in [0.1, 0.15) is 12.6 Å². The van der Waals surface area contributed by atoms with Crippen LogP contribution in [0.1, 0.15) is 58.4 Å². The Kier molecular flexibility index (Phi) is 8.26. The van der Waals surface area contributed by atoms with E-state index in [-0.39, 0.29) is 18.3 Å². The third-order valence-electron chi connectivity index (χ3n) is 6.52. The van der Waals surface area contributed by atoms with Crippen molar-refractivity contribution >= 4 is 35.1 Å². The molecular weight excluding hydrogens is 424 g/mol. The lowest BCUT2D eigenvalue weighted by atomic mass is 9.85. The molecular formula is C25H36N2O4S. The number of nitrogens with zero attached hydrogens (tertiary/aromatic N) is 2. The third kappa shape index (κ3) is 5.66. The number of ketones is 1. The highest BCUT2D eigenvalue weighted by Crippen LogP contribution is 2.40. The summed E-state index contributed by atoms with van der Waals surface area (Å²) in [6.45, 7) is 9.52. The number of benzene rings is 1. The van der Waals surface area contributed by atoms with Gasteiger partial charge in [-0.15, -0.1) is 11.8 Å². The number of likely N-dealkylation sites (N-methyl/N-ethyl adjacent to an activating group) is 1. The van der Waals surface area contributed by atoms with Gasteiger partial charge in [-0.1, -0.05) is 31.4 Å². The average Bonchev–Trinajstić information content (AvgIpc) is 3.11. The largest absolute Gasteiger partial charge is 0.462 e. The maximum absolute atomic E-state index is 13.2. The van der Waals surface area contributed by atoms with Gasteiger partial charge in [0.15, 0.2) is 0 Å². The van der Waals surface area contributed by atoms with E-state index in [1.54, 1.807) is 0 Å². The SMILES string of the molecule is CCN(CCOC(=O)[C@@H]1CSC(C)(C)N1C(=O)C(=O)C1CCCCC1)c1cccc(C)c1. The van der Waals surface area contributed by atoms with Crippen LogP contribution in [0.3, 0.4) is 0 Å². The fraction of sp³-hybridized carbons (Fsp3) is 0.640. The van der Waals surface area contributed by atoms with Gasteiger partial charge in [0.2, 0.25) is 5.78 Å². The van der Waals surface area contributed by atoms with Crippen molar-refractivity contribution in [1.82, 2.24) is 4.90 Å². The molecule has 1 heterocycles. The predicted molar refractivity (Wildman–Crippen MR) is 129 cm³/mol. The van der Waals surface area contributed by atoms with Gasteiger partial charge in [0, 0.05) is 23.9 Å². The van der Waals surface area contributed by atoms with E-state index >= 15 is 0 Å². The number of carbonyl (C=O) groups excluding carboxylic acids is 3. The van der Waals surface area contributed by atoms with Crippen LogP contribution >= 0.6 is 11.8 Å². The van der Waals surface area contributed by atoms with Crippen molar-refractivity contribution in [2.75, 3.05) is 30.3 Å². The smallest absolute Gasteiger partial charge is 0.329 e. The maximum atomic E-state index is 13.2. The van der Waals surface area contributed by atoms with Crippen LogP contribution in [-0.2, 0) is 19.1 Å². The van der Waals surface area contributed by atoms with Gasteiger partial charge in [-0.05, 0) is 58.2 Å². The second-order valence-electron chi connectivity index (χ2n) is 9.23. The molecule has 6 nitrogen and oxygen atoms in total. The molecule has 1 amide bonds. The lowest BCUT2D eigenvalue weighted by Crippen LogP contribution is -2.54. The molecule has 0 unspecified atom stereocenters. The Morgan fingerprint density at radius 1 is 1.19 bits per heavy atom. The molecule has 0 bridgehead atoms. The Morgan fingerprint density at radius 3 is 2.56 bits per heavy atom. The summed E-state index contributed by atoms with van der Waals surface area (Å²) >= 11 is 1.52. The number of rotatable bonds is 8. The second kappa shape index (κ2) is 10.7. The summed E-state index contributed by atoms with van der Waals surface area (Å²) < 4.78 is 5.61. The molecule has 7 heteroatoms. The van der Waals surface area contributed by atoms with Crippen LogP contribution in [0.5, 0.6) is 0 Å². The van der Waals surface area contributed by atoms with Crippen LogP contribution in [0.4, 0.5) is 5.69 Å². The summed E-state index contributed by atoms with van der Waals surface area (Å²) in [5, 5.41) is 0. The minimum absolute atomic E-state index is 0.207. The Labute approximate surface area is 196 Å². The lowest BCUT2D eigenvalue weighted by Gasteiger charge is -2.34. The number of amides is 1. The topological polar surface area (TPSA) is 66.9 Å². The van der Waals surface area contributed by atoms with Crippen molar-refractivity contribution in [2.45, 2.75) is 70.7 Å². The quantitative estimate of drug-likeness (QED) is 0.428. The van der Waals surface area contributed by atoms with Crippen molar-refractivity contribution in [1.29, 1.82) is 0 Å². The van der Waals surface area contributed by atoms with Gasteiger partial charge in [0.05, 0.1) is 11.4 Å². The van der Waals surface area contributed by atoms with Gasteiger partial charge in [-0.3, -0.25) is 9.59 Å². The van der Waals surface area contributed by atoms with E-state index in [9.17, 15) is 14.4 Å². The Balaban J connectivity index is 1.61. The minimum atomic E-state index is -0.718. The van der Waals surface area contributed by atoms with Crippen LogP contribution in [0, 0.1) is 12.8 Å². The van der Waals surface area contributed by atoms with Crippen molar-refractivity contribution in [3.05, 3.63) is 29.8 Å². The summed E-state index contributed by atoms with van der Waals surface area (Å²) in [6.07, 6.45) is 4.64. The van der Waals surface area contributed by atoms with Gasteiger partial charge in [-0.2, -0.15) is 0 Å². The normalized spacial score (nSPS) is 20.8. The first-order chi connectivity index (χ1) is 15.2. The fourth-order valence-electron chi connectivity index (χ4n) is 4.67. The highest BCUT2D eigenvalue weighted by Gasteiger charge is 2.49. The average molecular weight is 461 g/mol. The molecule has 1 saturated carbocycles. The molecule has 2 aliphatic rings. The van der Waals surface area contributed by atoms with Crippen LogP contribution in [0.15, 0.2) is 24.3 Å². The highest BCUT2D eigenvalue weighted by atomic mass is 32.2. The van der Waals surface area contributed by atoms with E-state index in [4.69, 9.17) is 4.74 Å². The van der Waals surface area contributed by atoms with Gasteiger partial charge >= 0.3 is 5.97 Å². The molecule has 0 N–H and O–H groups in total. The van der Waals surface area contributed by atoms with E-state index in [0.29, 0.717) is 12.3 Å². The van der Waals surface area contributed by atoms with E-state index < -0.39 is 22.8 Å². The van der Waals surface area contributed by atoms with Crippen LogP contribution in [0.2, 0.25) is 0 Å². The number of hydrogen-bond donors (Lipinski definition) is 0. The number of carbonyl (C=O) groups is 3. The number of Topliss-reactive ketones (excluding diaryl/α,β-unsaturated/α-hetero) is 1. The Hall–Kier alpha value is -2.02. The van der Waals surface area contributed by atoms with Gasteiger partial charge in [-0.25, -0.2) is 4.79 Å². The summed E-state index contributed by atoms with van der Waals surface area (Å²) in [5.74, 6) is -1.04. The first-order valence-corrected chi connectivity index (χ1v) is 12.7.